The molecule has 3 atom stereocenters. The maximum Gasteiger partial charge on any atom is 0.0685 e. The van der Waals surface area contributed by atoms with Gasteiger partial charge in [-0.05, 0) is 44.4 Å². The summed E-state index contributed by atoms with van der Waals surface area (Å²) < 4.78 is 11.5. The molecule has 2 heterocycles. The van der Waals surface area contributed by atoms with Crippen LogP contribution < -0.4 is 11.3 Å². The molecule has 2 aliphatic heterocycles. The standard InChI is InChI=1S/C13H24N2O2/c14-15-12(11-2-6-16-9-11)10-3-7-17-13(8-10)4-1-5-13/h10-12,15H,1-9,14H2. The smallest absolute Gasteiger partial charge is 0.0685 e. The second-order valence-corrected chi connectivity index (χ2v) is 5.95. The van der Waals surface area contributed by atoms with Gasteiger partial charge in [0.1, 0.15) is 0 Å². The van der Waals surface area contributed by atoms with Crippen molar-refractivity contribution in [1.82, 2.24) is 5.43 Å². The summed E-state index contributed by atoms with van der Waals surface area (Å²) in [6.45, 7) is 2.69. The Labute approximate surface area is 103 Å². The lowest BCUT2D eigenvalue weighted by atomic mass is 9.69. The van der Waals surface area contributed by atoms with Crippen LogP contribution in [0.25, 0.3) is 0 Å². The Kier molecular flexibility index (Phi) is 3.39. The Bertz CT molecular complexity index is 262. The third kappa shape index (κ3) is 2.24. The van der Waals surface area contributed by atoms with Crippen LogP contribution in [0.1, 0.15) is 38.5 Å². The van der Waals surface area contributed by atoms with Crippen molar-refractivity contribution in [2.75, 3.05) is 19.8 Å². The van der Waals surface area contributed by atoms with Gasteiger partial charge in [-0.1, -0.05) is 0 Å². The predicted molar refractivity (Wildman–Crippen MR) is 65.3 cm³/mol. The molecule has 1 spiro atoms. The van der Waals surface area contributed by atoms with E-state index < -0.39 is 0 Å². The van der Waals surface area contributed by atoms with E-state index in [4.69, 9.17) is 15.3 Å². The van der Waals surface area contributed by atoms with Crippen molar-refractivity contribution < 1.29 is 9.47 Å². The summed E-state index contributed by atoms with van der Waals surface area (Å²) in [5.41, 5.74) is 3.28. The van der Waals surface area contributed by atoms with Gasteiger partial charge in [-0.2, -0.15) is 0 Å². The number of hydrogen-bond acceptors (Lipinski definition) is 4. The Hall–Kier alpha value is -0.160. The minimum absolute atomic E-state index is 0.220. The summed E-state index contributed by atoms with van der Waals surface area (Å²) in [6, 6.07) is 0.416. The van der Waals surface area contributed by atoms with Crippen molar-refractivity contribution >= 4 is 0 Å². The van der Waals surface area contributed by atoms with E-state index >= 15 is 0 Å². The minimum atomic E-state index is 0.220. The molecule has 3 fully saturated rings. The number of rotatable bonds is 3. The van der Waals surface area contributed by atoms with Crippen LogP contribution in [0.5, 0.6) is 0 Å². The van der Waals surface area contributed by atoms with Crippen molar-refractivity contribution in [3.05, 3.63) is 0 Å². The Balaban J connectivity index is 1.64. The normalized spacial score (nSPS) is 37.9. The number of nitrogens with one attached hydrogen (secondary N) is 1. The van der Waals surface area contributed by atoms with Crippen LogP contribution in [-0.4, -0.2) is 31.5 Å². The summed E-state index contributed by atoms with van der Waals surface area (Å²) in [6.07, 6.45) is 7.33. The van der Waals surface area contributed by atoms with Gasteiger partial charge >= 0.3 is 0 Å². The molecule has 3 unspecified atom stereocenters. The molecule has 98 valence electrons. The van der Waals surface area contributed by atoms with Gasteiger partial charge in [0.05, 0.1) is 12.2 Å². The molecule has 4 nitrogen and oxygen atoms in total. The second kappa shape index (κ2) is 4.84. The lowest BCUT2D eigenvalue weighted by molar-refractivity contribution is -0.149. The van der Waals surface area contributed by atoms with E-state index in [9.17, 15) is 0 Å². The van der Waals surface area contributed by atoms with Gasteiger partial charge in [-0.3, -0.25) is 11.3 Å². The van der Waals surface area contributed by atoms with Gasteiger partial charge in [0, 0.05) is 25.2 Å². The molecule has 1 aliphatic carbocycles. The maximum atomic E-state index is 5.99. The van der Waals surface area contributed by atoms with Gasteiger partial charge in [-0.15, -0.1) is 0 Å². The quantitative estimate of drug-likeness (QED) is 0.575. The molecule has 3 rings (SSSR count). The van der Waals surface area contributed by atoms with Crippen molar-refractivity contribution in [1.29, 1.82) is 0 Å². The molecule has 0 radical (unpaired) electrons. The summed E-state index contributed by atoms with van der Waals surface area (Å²) in [5.74, 6) is 7.05. The van der Waals surface area contributed by atoms with Gasteiger partial charge in [0.25, 0.3) is 0 Å². The maximum absolute atomic E-state index is 5.99. The summed E-state index contributed by atoms with van der Waals surface area (Å²) in [5, 5.41) is 0. The Morgan fingerprint density at radius 2 is 2.00 bits per heavy atom. The molecule has 0 aromatic heterocycles. The summed E-state index contributed by atoms with van der Waals surface area (Å²) in [7, 11) is 0. The number of nitrogens with two attached hydrogens (primary N) is 1. The molecule has 4 heteroatoms. The zero-order chi connectivity index (χ0) is 11.7. The highest BCUT2D eigenvalue weighted by Gasteiger charge is 2.45. The van der Waals surface area contributed by atoms with Crippen molar-refractivity contribution in [2.45, 2.75) is 50.2 Å². The highest BCUT2D eigenvalue weighted by Crippen LogP contribution is 2.45. The second-order valence-electron chi connectivity index (χ2n) is 5.95. The SMILES string of the molecule is NNC(C1CCOC1)C1CCOC2(CCC2)C1. The zero-order valence-corrected chi connectivity index (χ0v) is 10.5. The third-order valence-corrected chi connectivity index (χ3v) is 4.97. The molecular formula is C13H24N2O2. The van der Waals surface area contributed by atoms with Crippen LogP contribution in [-0.2, 0) is 9.47 Å². The topological polar surface area (TPSA) is 56.5 Å². The van der Waals surface area contributed by atoms with E-state index in [-0.39, 0.29) is 5.60 Å². The summed E-state index contributed by atoms with van der Waals surface area (Å²) >= 11 is 0. The summed E-state index contributed by atoms with van der Waals surface area (Å²) in [4.78, 5) is 0. The number of ether oxygens (including phenoxy) is 2. The van der Waals surface area contributed by atoms with Crippen LogP contribution in [0.15, 0.2) is 0 Å². The first-order valence-electron chi connectivity index (χ1n) is 7.01. The first-order valence-corrected chi connectivity index (χ1v) is 7.01. The van der Waals surface area contributed by atoms with Crippen molar-refractivity contribution in [2.24, 2.45) is 17.7 Å². The molecule has 0 bridgehead atoms. The highest BCUT2D eigenvalue weighted by atomic mass is 16.5. The van der Waals surface area contributed by atoms with Crippen LogP contribution in [0.4, 0.5) is 0 Å². The molecule has 0 amide bonds. The average Bonchev–Trinajstić information content (AvgIpc) is 2.82. The van der Waals surface area contributed by atoms with Crippen LogP contribution in [0.2, 0.25) is 0 Å². The molecular weight excluding hydrogens is 216 g/mol. The monoisotopic (exact) mass is 240 g/mol. The van der Waals surface area contributed by atoms with Crippen LogP contribution in [0, 0.1) is 11.8 Å². The van der Waals surface area contributed by atoms with Gasteiger partial charge in [-0.25, -0.2) is 0 Å². The fourth-order valence-electron chi connectivity index (χ4n) is 3.78. The first kappa shape index (κ1) is 11.9. The largest absolute Gasteiger partial charge is 0.381 e. The minimum Gasteiger partial charge on any atom is -0.381 e. The van der Waals surface area contributed by atoms with Gasteiger partial charge in [0.15, 0.2) is 0 Å². The van der Waals surface area contributed by atoms with Gasteiger partial charge in [0.2, 0.25) is 0 Å². The Morgan fingerprint density at radius 1 is 1.18 bits per heavy atom. The molecule has 17 heavy (non-hydrogen) atoms. The van der Waals surface area contributed by atoms with Gasteiger partial charge < -0.3 is 9.47 Å². The fourth-order valence-corrected chi connectivity index (χ4v) is 3.78. The number of hydrogen-bond donors (Lipinski definition) is 2. The average molecular weight is 240 g/mol. The van der Waals surface area contributed by atoms with E-state index in [1.165, 1.54) is 25.7 Å². The molecule has 0 aromatic carbocycles. The van der Waals surface area contributed by atoms with E-state index in [0.717, 1.165) is 32.7 Å². The van der Waals surface area contributed by atoms with Crippen LogP contribution >= 0.6 is 0 Å². The number of hydrazine groups is 1. The van der Waals surface area contributed by atoms with E-state index in [1.54, 1.807) is 0 Å². The molecule has 0 aromatic rings. The highest BCUT2D eigenvalue weighted by molar-refractivity contribution is 4.97. The lowest BCUT2D eigenvalue weighted by Crippen LogP contribution is -2.53. The molecule has 3 N–H and O–H groups in total. The predicted octanol–water partition coefficient (Wildman–Crippen LogP) is 1.20. The first-order chi connectivity index (χ1) is 8.33. The van der Waals surface area contributed by atoms with E-state index in [2.05, 4.69) is 5.43 Å². The van der Waals surface area contributed by atoms with Crippen LogP contribution in [0.3, 0.4) is 0 Å². The van der Waals surface area contributed by atoms with Crippen molar-refractivity contribution in [3.63, 3.8) is 0 Å². The zero-order valence-electron chi connectivity index (χ0n) is 10.5. The van der Waals surface area contributed by atoms with Crippen molar-refractivity contribution in [3.8, 4) is 0 Å². The molecule has 3 aliphatic rings. The third-order valence-electron chi connectivity index (χ3n) is 4.97. The lowest BCUT2D eigenvalue weighted by Gasteiger charge is -2.49. The fraction of sp³-hybridized carbons (Fsp3) is 1.00. The molecule has 1 saturated carbocycles. The van der Waals surface area contributed by atoms with E-state index in [1.807, 2.05) is 0 Å². The molecule has 2 saturated heterocycles. The Morgan fingerprint density at radius 3 is 2.59 bits per heavy atom. The van der Waals surface area contributed by atoms with E-state index in [0.29, 0.717) is 17.9 Å².